The molecular weight excluding hydrogens is 308 g/mol. The van der Waals surface area contributed by atoms with Crippen molar-refractivity contribution >= 4 is 29.3 Å². The summed E-state index contributed by atoms with van der Waals surface area (Å²) in [5.74, 6) is 0.917. The van der Waals surface area contributed by atoms with Gasteiger partial charge in [-0.25, -0.2) is 9.67 Å². The van der Waals surface area contributed by atoms with Crippen LogP contribution in [-0.2, 0) is 4.79 Å². The number of hydrogen-bond acceptors (Lipinski definition) is 4. The van der Waals surface area contributed by atoms with E-state index in [1.165, 1.54) is 11.2 Å². The molecule has 1 aromatic heterocycles. The van der Waals surface area contributed by atoms with E-state index in [0.717, 1.165) is 17.7 Å². The second-order valence-electron chi connectivity index (χ2n) is 4.93. The molecule has 0 bridgehead atoms. The molecule has 1 amide bonds. The lowest BCUT2D eigenvalue weighted by molar-refractivity contribution is -0.125. The highest BCUT2D eigenvalue weighted by molar-refractivity contribution is 7.99. The minimum Gasteiger partial charge on any atom is -0.347 e. The SMILES string of the molecule is C[C@H](C(=O)N[C@@H]1CCSc2ccc(Cl)cc21)n1cncn1. The van der Waals surface area contributed by atoms with Crippen molar-refractivity contribution < 1.29 is 4.79 Å². The van der Waals surface area contributed by atoms with E-state index < -0.39 is 0 Å². The van der Waals surface area contributed by atoms with Crippen LogP contribution in [0.3, 0.4) is 0 Å². The van der Waals surface area contributed by atoms with E-state index in [1.54, 1.807) is 29.7 Å². The minimum absolute atomic E-state index is 0.00146. The van der Waals surface area contributed by atoms with Crippen LogP contribution in [0.2, 0.25) is 5.02 Å². The normalized spacial score (nSPS) is 18.9. The summed E-state index contributed by atoms with van der Waals surface area (Å²) in [6.07, 6.45) is 3.87. The fourth-order valence-corrected chi connectivity index (χ4v) is 3.63. The van der Waals surface area contributed by atoms with Crippen molar-refractivity contribution in [1.82, 2.24) is 20.1 Å². The number of rotatable bonds is 3. The van der Waals surface area contributed by atoms with Gasteiger partial charge in [0.2, 0.25) is 5.91 Å². The largest absolute Gasteiger partial charge is 0.347 e. The first-order chi connectivity index (χ1) is 10.1. The lowest BCUT2D eigenvalue weighted by Crippen LogP contribution is -2.35. The molecule has 1 aliphatic heterocycles. The highest BCUT2D eigenvalue weighted by Gasteiger charge is 2.25. The monoisotopic (exact) mass is 322 g/mol. The van der Waals surface area contributed by atoms with Gasteiger partial charge in [-0.2, -0.15) is 5.10 Å². The van der Waals surface area contributed by atoms with Gasteiger partial charge < -0.3 is 5.32 Å². The topological polar surface area (TPSA) is 59.8 Å². The van der Waals surface area contributed by atoms with Crippen LogP contribution in [0, 0.1) is 0 Å². The number of carbonyl (C=O) groups excluding carboxylic acids is 1. The summed E-state index contributed by atoms with van der Waals surface area (Å²) in [5.41, 5.74) is 1.10. The Morgan fingerprint density at radius 3 is 3.19 bits per heavy atom. The van der Waals surface area contributed by atoms with Crippen molar-refractivity contribution in [3.05, 3.63) is 41.4 Å². The summed E-state index contributed by atoms with van der Waals surface area (Å²) in [6.45, 7) is 1.81. The Morgan fingerprint density at radius 1 is 1.57 bits per heavy atom. The third-order valence-electron chi connectivity index (χ3n) is 3.54. The maximum Gasteiger partial charge on any atom is 0.245 e. The molecular formula is C14H15ClN4OS. The smallest absolute Gasteiger partial charge is 0.245 e. The summed E-state index contributed by atoms with van der Waals surface area (Å²) in [7, 11) is 0. The molecule has 5 nitrogen and oxygen atoms in total. The Hall–Kier alpha value is -1.53. The number of thioether (sulfide) groups is 1. The summed E-state index contributed by atoms with van der Waals surface area (Å²) >= 11 is 7.87. The van der Waals surface area contributed by atoms with Gasteiger partial charge in [0.05, 0.1) is 6.04 Å². The number of nitrogens with one attached hydrogen (secondary N) is 1. The molecule has 0 aliphatic carbocycles. The number of carbonyl (C=O) groups is 1. The number of fused-ring (bicyclic) bond motifs is 1. The lowest BCUT2D eigenvalue weighted by Gasteiger charge is -2.27. The first-order valence-corrected chi connectivity index (χ1v) is 8.08. The maximum atomic E-state index is 12.4. The van der Waals surface area contributed by atoms with E-state index in [-0.39, 0.29) is 18.0 Å². The van der Waals surface area contributed by atoms with Crippen molar-refractivity contribution in [1.29, 1.82) is 0 Å². The van der Waals surface area contributed by atoms with Crippen LogP contribution in [-0.4, -0.2) is 26.4 Å². The number of hydrogen-bond donors (Lipinski definition) is 1. The Kier molecular flexibility index (Phi) is 4.17. The Labute approximate surface area is 132 Å². The number of amides is 1. The summed E-state index contributed by atoms with van der Waals surface area (Å²) in [5, 5.41) is 7.79. The van der Waals surface area contributed by atoms with E-state index in [4.69, 9.17) is 11.6 Å². The van der Waals surface area contributed by atoms with E-state index in [1.807, 2.05) is 18.2 Å². The standard InChI is InChI=1S/C14H15ClN4OS/c1-9(19-8-16-7-17-19)14(20)18-12-4-5-21-13-3-2-10(15)6-11(12)13/h2-3,6-9,12H,4-5H2,1H3,(H,18,20)/t9-,12-/m1/s1. The van der Waals surface area contributed by atoms with Crippen molar-refractivity contribution in [2.75, 3.05) is 5.75 Å². The zero-order valence-electron chi connectivity index (χ0n) is 11.5. The second kappa shape index (κ2) is 6.07. The zero-order chi connectivity index (χ0) is 14.8. The van der Waals surface area contributed by atoms with Crippen LogP contribution in [0.4, 0.5) is 0 Å². The van der Waals surface area contributed by atoms with Crippen LogP contribution in [0.15, 0.2) is 35.7 Å². The highest BCUT2D eigenvalue weighted by Crippen LogP contribution is 2.37. The van der Waals surface area contributed by atoms with Crippen molar-refractivity contribution in [2.24, 2.45) is 0 Å². The van der Waals surface area contributed by atoms with Gasteiger partial charge in [0, 0.05) is 15.7 Å². The molecule has 1 aromatic carbocycles. The molecule has 2 heterocycles. The van der Waals surface area contributed by atoms with Gasteiger partial charge in [-0.15, -0.1) is 11.8 Å². The van der Waals surface area contributed by atoms with E-state index in [2.05, 4.69) is 15.4 Å². The van der Waals surface area contributed by atoms with Gasteiger partial charge in [0.25, 0.3) is 0 Å². The Morgan fingerprint density at radius 2 is 2.43 bits per heavy atom. The average Bonchev–Trinajstić information content (AvgIpc) is 3.01. The molecule has 0 unspecified atom stereocenters. The molecule has 0 saturated heterocycles. The molecule has 2 aromatic rings. The predicted octanol–water partition coefficient (Wildman–Crippen LogP) is 2.85. The van der Waals surface area contributed by atoms with Gasteiger partial charge in [-0.1, -0.05) is 11.6 Å². The quantitative estimate of drug-likeness (QED) is 0.944. The van der Waals surface area contributed by atoms with Crippen LogP contribution in [0.5, 0.6) is 0 Å². The minimum atomic E-state index is -0.385. The zero-order valence-corrected chi connectivity index (χ0v) is 13.1. The summed E-state index contributed by atoms with van der Waals surface area (Å²) in [4.78, 5) is 17.4. The number of aromatic nitrogens is 3. The summed E-state index contributed by atoms with van der Waals surface area (Å²) in [6, 6.07) is 5.45. The summed E-state index contributed by atoms with van der Waals surface area (Å²) < 4.78 is 1.55. The van der Waals surface area contributed by atoms with Crippen molar-refractivity contribution in [2.45, 2.75) is 30.3 Å². The fraction of sp³-hybridized carbons (Fsp3) is 0.357. The molecule has 1 aliphatic rings. The van der Waals surface area contributed by atoms with E-state index in [0.29, 0.717) is 5.02 Å². The third-order valence-corrected chi connectivity index (χ3v) is 4.90. The van der Waals surface area contributed by atoms with E-state index in [9.17, 15) is 4.79 Å². The molecule has 0 saturated carbocycles. The molecule has 0 radical (unpaired) electrons. The Balaban J connectivity index is 1.77. The van der Waals surface area contributed by atoms with Crippen molar-refractivity contribution in [3.63, 3.8) is 0 Å². The number of halogens is 1. The van der Waals surface area contributed by atoms with Gasteiger partial charge in [-0.05, 0) is 37.1 Å². The lowest BCUT2D eigenvalue weighted by atomic mass is 10.0. The predicted molar refractivity (Wildman–Crippen MR) is 82.4 cm³/mol. The first-order valence-electron chi connectivity index (χ1n) is 6.72. The third kappa shape index (κ3) is 3.06. The van der Waals surface area contributed by atoms with Crippen LogP contribution < -0.4 is 5.32 Å². The molecule has 110 valence electrons. The van der Waals surface area contributed by atoms with Gasteiger partial charge in [0.15, 0.2) is 0 Å². The van der Waals surface area contributed by atoms with Crippen LogP contribution in [0.25, 0.3) is 0 Å². The molecule has 1 N–H and O–H groups in total. The van der Waals surface area contributed by atoms with Gasteiger partial charge in [-0.3, -0.25) is 4.79 Å². The molecule has 0 spiro atoms. The van der Waals surface area contributed by atoms with Crippen molar-refractivity contribution in [3.8, 4) is 0 Å². The van der Waals surface area contributed by atoms with Gasteiger partial charge >= 0.3 is 0 Å². The second-order valence-corrected chi connectivity index (χ2v) is 6.51. The fourth-order valence-electron chi connectivity index (χ4n) is 2.35. The van der Waals surface area contributed by atoms with Crippen LogP contribution >= 0.6 is 23.4 Å². The van der Waals surface area contributed by atoms with Gasteiger partial charge in [0.1, 0.15) is 18.7 Å². The highest BCUT2D eigenvalue weighted by atomic mass is 35.5. The molecule has 21 heavy (non-hydrogen) atoms. The molecule has 3 rings (SSSR count). The maximum absolute atomic E-state index is 12.4. The molecule has 7 heteroatoms. The number of nitrogens with zero attached hydrogens (tertiary/aromatic N) is 3. The average molecular weight is 323 g/mol. The first kappa shape index (κ1) is 14.4. The number of benzene rings is 1. The molecule has 2 atom stereocenters. The Bertz CT molecular complexity index is 646. The molecule has 0 fully saturated rings. The van der Waals surface area contributed by atoms with E-state index >= 15 is 0 Å². The van der Waals surface area contributed by atoms with Crippen LogP contribution in [0.1, 0.15) is 31.0 Å².